The molecular formula is C19H15IN4O2. The van der Waals surface area contributed by atoms with Crippen LogP contribution in [0.1, 0.15) is 26.3 Å². The first-order chi connectivity index (χ1) is 12.6. The number of carbonyl (C=O) groups is 2. The Balaban J connectivity index is 1.77. The Morgan fingerprint density at radius 2 is 1.73 bits per heavy atom. The van der Waals surface area contributed by atoms with Crippen LogP contribution < -0.4 is 10.6 Å². The largest absolute Gasteiger partial charge is 0.348 e. The molecule has 26 heavy (non-hydrogen) atoms. The van der Waals surface area contributed by atoms with Crippen LogP contribution >= 0.6 is 22.6 Å². The van der Waals surface area contributed by atoms with Gasteiger partial charge in [0.15, 0.2) is 0 Å². The number of benzene rings is 1. The summed E-state index contributed by atoms with van der Waals surface area (Å²) in [6.07, 6.45) is 6.44. The maximum absolute atomic E-state index is 12.6. The minimum Gasteiger partial charge on any atom is -0.348 e. The summed E-state index contributed by atoms with van der Waals surface area (Å²) in [6, 6.07) is 12.3. The zero-order chi connectivity index (χ0) is 18.4. The molecule has 2 heterocycles. The number of anilines is 1. The molecule has 0 bridgehead atoms. The number of nitrogens with one attached hydrogen (secondary N) is 2. The predicted octanol–water partition coefficient (Wildman–Crippen LogP) is 3.26. The van der Waals surface area contributed by atoms with Gasteiger partial charge in [0, 0.05) is 34.9 Å². The summed E-state index contributed by atoms with van der Waals surface area (Å²) in [5.74, 6) is -0.588. The summed E-state index contributed by atoms with van der Waals surface area (Å²) in [4.78, 5) is 32.9. The summed E-state index contributed by atoms with van der Waals surface area (Å²) in [5, 5.41) is 5.63. The van der Waals surface area contributed by atoms with Crippen LogP contribution in [0.3, 0.4) is 0 Å². The van der Waals surface area contributed by atoms with Gasteiger partial charge in [0.05, 0.1) is 16.8 Å². The molecule has 7 heteroatoms. The van der Waals surface area contributed by atoms with Crippen molar-refractivity contribution in [3.8, 4) is 0 Å². The first-order valence-corrected chi connectivity index (χ1v) is 8.89. The Bertz CT molecular complexity index is 917. The van der Waals surface area contributed by atoms with E-state index in [0.29, 0.717) is 23.4 Å². The highest BCUT2D eigenvalue weighted by Crippen LogP contribution is 2.20. The average Bonchev–Trinajstić information content (AvgIpc) is 2.69. The van der Waals surface area contributed by atoms with Crippen LogP contribution in [0.5, 0.6) is 0 Å². The maximum Gasteiger partial charge on any atom is 0.257 e. The van der Waals surface area contributed by atoms with Crippen LogP contribution in [-0.4, -0.2) is 21.8 Å². The molecule has 3 rings (SSSR count). The van der Waals surface area contributed by atoms with Crippen molar-refractivity contribution in [3.63, 3.8) is 0 Å². The molecular weight excluding hydrogens is 443 g/mol. The number of pyridine rings is 2. The fraction of sp³-hybridized carbons (Fsp3) is 0.0526. The van der Waals surface area contributed by atoms with E-state index in [9.17, 15) is 9.59 Å². The standard InChI is InChI=1S/C19H15IN4O2/c20-15-5-6-17(24-18(25)14-4-2-8-22-12-14)16(9-15)19(26)23-11-13-3-1-7-21-10-13/h1-10,12H,11H2,(H,23,26)(H,24,25). The van der Waals surface area contributed by atoms with Crippen LogP contribution in [0.2, 0.25) is 0 Å². The monoisotopic (exact) mass is 458 g/mol. The fourth-order valence-corrected chi connectivity index (χ4v) is 2.78. The van der Waals surface area contributed by atoms with Gasteiger partial charge in [-0.15, -0.1) is 0 Å². The van der Waals surface area contributed by atoms with Crippen molar-refractivity contribution in [1.82, 2.24) is 15.3 Å². The maximum atomic E-state index is 12.6. The molecule has 2 aromatic heterocycles. The Kier molecular flexibility index (Phi) is 5.90. The minimum absolute atomic E-state index is 0.270. The molecule has 0 radical (unpaired) electrons. The van der Waals surface area contributed by atoms with Gasteiger partial charge in [0.25, 0.3) is 11.8 Å². The molecule has 2 amide bonds. The lowest BCUT2D eigenvalue weighted by atomic mass is 10.1. The van der Waals surface area contributed by atoms with E-state index in [1.54, 1.807) is 42.9 Å². The molecule has 130 valence electrons. The van der Waals surface area contributed by atoms with Gasteiger partial charge in [-0.3, -0.25) is 19.6 Å². The summed E-state index contributed by atoms with van der Waals surface area (Å²) in [6.45, 7) is 0.355. The van der Waals surface area contributed by atoms with E-state index < -0.39 is 0 Å². The van der Waals surface area contributed by atoms with Crippen molar-refractivity contribution in [2.24, 2.45) is 0 Å². The highest BCUT2D eigenvalue weighted by atomic mass is 127. The lowest BCUT2D eigenvalue weighted by Gasteiger charge is -2.12. The molecule has 1 aromatic carbocycles. The number of hydrogen-bond donors (Lipinski definition) is 2. The van der Waals surface area contributed by atoms with E-state index in [1.165, 1.54) is 6.20 Å². The van der Waals surface area contributed by atoms with E-state index in [-0.39, 0.29) is 11.8 Å². The smallest absolute Gasteiger partial charge is 0.257 e. The van der Waals surface area contributed by atoms with Crippen LogP contribution in [0.15, 0.2) is 67.3 Å². The molecule has 3 aromatic rings. The topological polar surface area (TPSA) is 84.0 Å². The van der Waals surface area contributed by atoms with Crippen molar-refractivity contribution in [1.29, 1.82) is 0 Å². The van der Waals surface area contributed by atoms with Gasteiger partial charge in [-0.1, -0.05) is 6.07 Å². The zero-order valence-electron chi connectivity index (χ0n) is 13.6. The van der Waals surface area contributed by atoms with Gasteiger partial charge in [-0.2, -0.15) is 0 Å². The summed E-state index contributed by atoms with van der Waals surface area (Å²) in [7, 11) is 0. The quantitative estimate of drug-likeness (QED) is 0.575. The molecule has 0 unspecified atom stereocenters. The highest BCUT2D eigenvalue weighted by molar-refractivity contribution is 14.1. The fourth-order valence-electron chi connectivity index (χ4n) is 2.29. The molecule has 0 aliphatic carbocycles. The first kappa shape index (κ1) is 18.0. The molecule has 0 atom stereocenters. The number of aromatic nitrogens is 2. The summed E-state index contributed by atoms with van der Waals surface area (Å²) < 4.78 is 0.897. The van der Waals surface area contributed by atoms with E-state index in [4.69, 9.17) is 0 Å². The molecule has 6 nitrogen and oxygen atoms in total. The Labute approximate surface area is 164 Å². The Morgan fingerprint density at radius 3 is 2.42 bits per heavy atom. The lowest BCUT2D eigenvalue weighted by Crippen LogP contribution is -2.25. The molecule has 0 spiro atoms. The Hall–Kier alpha value is -2.81. The number of rotatable bonds is 5. The van der Waals surface area contributed by atoms with Crippen molar-refractivity contribution in [2.45, 2.75) is 6.54 Å². The van der Waals surface area contributed by atoms with E-state index in [2.05, 4.69) is 43.2 Å². The van der Waals surface area contributed by atoms with Crippen LogP contribution in [-0.2, 0) is 6.54 Å². The Morgan fingerprint density at radius 1 is 0.962 bits per heavy atom. The molecule has 0 aliphatic rings. The van der Waals surface area contributed by atoms with Crippen molar-refractivity contribution in [2.75, 3.05) is 5.32 Å². The second-order valence-corrected chi connectivity index (χ2v) is 6.68. The third kappa shape index (κ3) is 4.63. The van der Waals surface area contributed by atoms with Crippen molar-refractivity contribution in [3.05, 3.63) is 87.5 Å². The zero-order valence-corrected chi connectivity index (χ0v) is 15.8. The second-order valence-electron chi connectivity index (χ2n) is 5.43. The van der Waals surface area contributed by atoms with Gasteiger partial charge < -0.3 is 10.6 Å². The van der Waals surface area contributed by atoms with E-state index >= 15 is 0 Å². The normalized spacial score (nSPS) is 10.2. The van der Waals surface area contributed by atoms with E-state index in [1.807, 2.05) is 18.2 Å². The lowest BCUT2D eigenvalue weighted by molar-refractivity contribution is 0.0951. The molecule has 2 N–H and O–H groups in total. The second kappa shape index (κ2) is 8.52. The molecule has 0 saturated heterocycles. The van der Waals surface area contributed by atoms with Gasteiger partial charge in [-0.05, 0) is 64.6 Å². The van der Waals surface area contributed by atoms with Crippen molar-refractivity contribution < 1.29 is 9.59 Å². The van der Waals surface area contributed by atoms with Crippen LogP contribution in [0.4, 0.5) is 5.69 Å². The highest BCUT2D eigenvalue weighted by Gasteiger charge is 2.15. The summed E-state index contributed by atoms with van der Waals surface area (Å²) in [5.41, 5.74) is 2.17. The van der Waals surface area contributed by atoms with Gasteiger partial charge in [0.2, 0.25) is 0 Å². The van der Waals surface area contributed by atoms with Crippen LogP contribution in [0, 0.1) is 3.57 Å². The molecule has 0 fully saturated rings. The predicted molar refractivity (Wildman–Crippen MR) is 107 cm³/mol. The number of halogens is 1. The number of nitrogens with zero attached hydrogens (tertiary/aromatic N) is 2. The van der Waals surface area contributed by atoms with Gasteiger partial charge >= 0.3 is 0 Å². The third-order valence-corrected chi connectivity index (χ3v) is 4.25. The number of hydrogen-bond acceptors (Lipinski definition) is 4. The third-order valence-electron chi connectivity index (χ3n) is 3.57. The molecule has 0 saturated carbocycles. The van der Waals surface area contributed by atoms with Gasteiger partial charge in [-0.25, -0.2) is 0 Å². The van der Waals surface area contributed by atoms with Crippen LogP contribution in [0.25, 0.3) is 0 Å². The van der Waals surface area contributed by atoms with E-state index in [0.717, 1.165) is 9.13 Å². The molecule has 0 aliphatic heterocycles. The van der Waals surface area contributed by atoms with Crippen molar-refractivity contribution >= 4 is 40.1 Å². The van der Waals surface area contributed by atoms with Gasteiger partial charge in [0.1, 0.15) is 0 Å². The minimum atomic E-state index is -0.319. The summed E-state index contributed by atoms with van der Waals surface area (Å²) >= 11 is 2.13. The first-order valence-electron chi connectivity index (χ1n) is 7.81. The SMILES string of the molecule is O=C(Nc1ccc(I)cc1C(=O)NCc1cccnc1)c1cccnc1. The number of carbonyl (C=O) groups excluding carboxylic acids is 2. The average molecular weight is 458 g/mol. The number of amides is 2.